The smallest absolute Gasteiger partial charge is 0.309 e. The minimum Gasteiger partial charge on any atom is -0.469 e. The summed E-state index contributed by atoms with van der Waals surface area (Å²) in [5, 5.41) is 0. The average molecular weight is 166 g/mol. The zero-order valence-corrected chi connectivity index (χ0v) is 7.59. The second kappa shape index (κ2) is 3.57. The Morgan fingerprint density at radius 2 is 2.33 bits per heavy atom. The van der Waals surface area contributed by atoms with Crippen molar-refractivity contribution in [3.05, 3.63) is 23.8 Å². The Balaban J connectivity index is 2.67. The van der Waals surface area contributed by atoms with E-state index in [1.54, 1.807) is 0 Å². The number of carbonyl (C=O) groups is 1. The topological polar surface area (TPSA) is 26.3 Å². The summed E-state index contributed by atoms with van der Waals surface area (Å²) in [5.74, 6) is -0.129. The molecule has 0 aromatic heterocycles. The van der Waals surface area contributed by atoms with Gasteiger partial charge in [0.25, 0.3) is 0 Å². The summed E-state index contributed by atoms with van der Waals surface area (Å²) in [5.41, 5.74) is 2.23. The molecule has 0 aromatic rings. The molecule has 0 fully saturated rings. The Hall–Kier alpha value is -1.05. The van der Waals surface area contributed by atoms with Crippen LogP contribution in [0.2, 0.25) is 0 Å². The van der Waals surface area contributed by atoms with Crippen LogP contribution in [-0.2, 0) is 9.53 Å². The third-order valence-corrected chi connectivity index (χ3v) is 2.06. The van der Waals surface area contributed by atoms with Gasteiger partial charge < -0.3 is 4.74 Å². The van der Waals surface area contributed by atoms with Gasteiger partial charge in [-0.15, -0.1) is 0 Å². The van der Waals surface area contributed by atoms with Crippen molar-refractivity contribution in [1.29, 1.82) is 0 Å². The second-order valence-corrected chi connectivity index (χ2v) is 3.28. The number of hydrogen-bond acceptors (Lipinski definition) is 2. The molecule has 0 spiro atoms. The van der Waals surface area contributed by atoms with Gasteiger partial charge in [0, 0.05) is 0 Å². The first-order valence-electron chi connectivity index (χ1n) is 4.06. The summed E-state index contributed by atoms with van der Waals surface area (Å²) < 4.78 is 4.68. The van der Waals surface area contributed by atoms with Crippen LogP contribution in [0.15, 0.2) is 23.8 Å². The van der Waals surface area contributed by atoms with Crippen molar-refractivity contribution in [2.45, 2.75) is 19.8 Å². The van der Waals surface area contributed by atoms with E-state index in [2.05, 4.69) is 11.3 Å². The number of esters is 1. The number of methoxy groups -OCH3 is 1. The van der Waals surface area contributed by atoms with Gasteiger partial charge in [-0.1, -0.05) is 23.8 Å². The highest BCUT2D eigenvalue weighted by Gasteiger charge is 2.22. The molecule has 0 bridgehead atoms. The summed E-state index contributed by atoms with van der Waals surface area (Å²) in [7, 11) is 1.43. The fraction of sp³-hybridized carbons (Fsp3) is 0.500. The summed E-state index contributed by atoms with van der Waals surface area (Å²) in [4.78, 5) is 11.2. The Labute approximate surface area is 72.9 Å². The number of ether oxygens (including phenoxy) is 1. The van der Waals surface area contributed by atoms with E-state index in [0.717, 1.165) is 18.4 Å². The molecule has 0 radical (unpaired) electrons. The van der Waals surface area contributed by atoms with Crippen LogP contribution in [0.1, 0.15) is 19.8 Å². The summed E-state index contributed by atoms with van der Waals surface area (Å²) in [6.07, 6.45) is 3.59. The minimum absolute atomic E-state index is 0.00694. The lowest BCUT2D eigenvalue weighted by Gasteiger charge is -2.19. The molecule has 0 amide bonds. The first-order chi connectivity index (χ1) is 5.63. The molecular formula is C10H14O2. The summed E-state index contributed by atoms with van der Waals surface area (Å²) in [6, 6.07) is 0. The Kier molecular flexibility index (Phi) is 2.69. The molecule has 2 heteroatoms. The third kappa shape index (κ3) is 1.97. The van der Waals surface area contributed by atoms with E-state index in [1.807, 2.05) is 13.0 Å². The van der Waals surface area contributed by atoms with Crippen LogP contribution in [0.4, 0.5) is 0 Å². The van der Waals surface area contributed by atoms with E-state index in [-0.39, 0.29) is 11.9 Å². The first kappa shape index (κ1) is 9.04. The monoisotopic (exact) mass is 166 g/mol. The minimum atomic E-state index is -0.122. The molecule has 2 nitrogen and oxygen atoms in total. The maximum Gasteiger partial charge on any atom is 0.309 e. The van der Waals surface area contributed by atoms with Gasteiger partial charge in [0.05, 0.1) is 13.0 Å². The highest BCUT2D eigenvalue weighted by atomic mass is 16.5. The summed E-state index contributed by atoms with van der Waals surface area (Å²) >= 11 is 0. The molecule has 1 aliphatic carbocycles. The molecule has 1 rings (SSSR count). The number of carbonyl (C=O) groups excluding carboxylic acids is 1. The molecule has 66 valence electrons. The Morgan fingerprint density at radius 1 is 1.67 bits per heavy atom. The van der Waals surface area contributed by atoms with Crippen LogP contribution >= 0.6 is 0 Å². The van der Waals surface area contributed by atoms with Gasteiger partial charge in [0.2, 0.25) is 0 Å². The van der Waals surface area contributed by atoms with E-state index in [9.17, 15) is 4.79 Å². The van der Waals surface area contributed by atoms with Gasteiger partial charge >= 0.3 is 5.97 Å². The largest absolute Gasteiger partial charge is 0.469 e. The Morgan fingerprint density at radius 3 is 2.83 bits per heavy atom. The average Bonchev–Trinajstić information content (AvgIpc) is 2.01. The van der Waals surface area contributed by atoms with Gasteiger partial charge in [-0.2, -0.15) is 0 Å². The zero-order valence-electron chi connectivity index (χ0n) is 7.59. The fourth-order valence-corrected chi connectivity index (χ4v) is 1.58. The normalized spacial score (nSPS) is 23.3. The predicted molar refractivity (Wildman–Crippen MR) is 47.6 cm³/mol. The van der Waals surface area contributed by atoms with Gasteiger partial charge in [-0.3, -0.25) is 4.79 Å². The van der Waals surface area contributed by atoms with Crippen molar-refractivity contribution in [1.82, 2.24) is 0 Å². The molecule has 1 atom stereocenters. The highest BCUT2D eigenvalue weighted by molar-refractivity contribution is 5.73. The highest BCUT2D eigenvalue weighted by Crippen LogP contribution is 2.27. The van der Waals surface area contributed by atoms with Crippen molar-refractivity contribution in [2.24, 2.45) is 5.92 Å². The molecule has 0 heterocycles. The SMILES string of the molecule is C=C1C=C(C)CC(C(=O)OC)C1. The maximum absolute atomic E-state index is 11.2. The number of hydrogen-bond donors (Lipinski definition) is 0. The van der Waals surface area contributed by atoms with Gasteiger partial charge in [0.15, 0.2) is 0 Å². The molecule has 0 saturated carbocycles. The zero-order chi connectivity index (χ0) is 9.14. The van der Waals surface area contributed by atoms with Crippen LogP contribution in [0, 0.1) is 5.92 Å². The van der Waals surface area contributed by atoms with Gasteiger partial charge in [-0.25, -0.2) is 0 Å². The number of allylic oxidation sites excluding steroid dienone is 3. The molecular weight excluding hydrogens is 152 g/mol. The van der Waals surface area contributed by atoms with Crippen LogP contribution in [-0.4, -0.2) is 13.1 Å². The van der Waals surface area contributed by atoms with E-state index < -0.39 is 0 Å². The first-order valence-corrected chi connectivity index (χ1v) is 4.06. The van der Waals surface area contributed by atoms with E-state index in [0.29, 0.717) is 0 Å². The number of rotatable bonds is 1. The van der Waals surface area contributed by atoms with E-state index in [1.165, 1.54) is 12.7 Å². The second-order valence-electron chi connectivity index (χ2n) is 3.28. The van der Waals surface area contributed by atoms with Crippen molar-refractivity contribution in [3.63, 3.8) is 0 Å². The maximum atomic E-state index is 11.2. The van der Waals surface area contributed by atoms with Gasteiger partial charge in [0.1, 0.15) is 0 Å². The molecule has 0 saturated heterocycles. The lowest BCUT2D eigenvalue weighted by Crippen LogP contribution is -2.19. The van der Waals surface area contributed by atoms with Crippen molar-refractivity contribution < 1.29 is 9.53 Å². The van der Waals surface area contributed by atoms with Crippen LogP contribution in [0.3, 0.4) is 0 Å². The molecule has 1 unspecified atom stereocenters. The van der Waals surface area contributed by atoms with E-state index in [4.69, 9.17) is 0 Å². The quantitative estimate of drug-likeness (QED) is 0.557. The fourth-order valence-electron chi connectivity index (χ4n) is 1.58. The van der Waals surface area contributed by atoms with E-state index >= 15 is 0 Å². The van der Waals surface area contributed by atoms with Crippen LogP contribution in [0.5, 0.6) is 0 Å². The van der Waals surface area contributed by atoms with Crippen molar-refractivity contribution >= 4 is 5.97 Å². The van der Waals surface area contributed by atoms with Crippen LogP contribution in [0.25, 0.3) is 0 Å². The lowest BCUT2D eigenvalue weighted by molar-refractivity contribution is -0.145. The molecule has 0 N–H and O–H groups in total. The van der Waals surface area contributed by atoms with Crippen LogP contribution < -0.4 is 0 Å². The predicted octanol–water partition coefficient (Wildman–Crippen LogP) is 2.07. The van der Waals surface area contributed by atoms with Crippen molar-refractivity contribution in [2.75, 3.05) is 7.11 Å². The van der Waals surface area contributed by atoms with Crippen molar-refractivity contribution in [3.8, 4) is 0 Å². The third-order valence-electron chi connectivity index (χ3n) is 2.06. The summed E-state index contributed by atoms with van der Waals surface area (Å²) in [6.45, 7) is 5.86. The standard InChI is InChI=1S/C10H14O2/c1-7-4-8(2)6-9(5-7)10(11)12-3/h4,9H,1,5-6H2,2-3H3. The molecule has 12 heavy (non-hydrogen) atoms. The molecule has 1 aliphatic rings. The van der Waals surface area contributed by atoms with Gasteiger partial charge in [-0.05, 0) is 19.8 Å². The lowest BCUT2D eigenvalue weighted by atomic mass is 9.87. The molecule has 0 aromatic carbocycles. The molecule has 0 aliphatic heterocycles. The Bertz CT molecular complexity index is 238.